The highest BCUT2D eigenvalue weighted by Crippen LogP contribution is 2.32. The van der Waals surface area contributed by atoms with Gasteiger partial charge in [-0.25, -0.2) is 0 Å². The van der Waals surface area contributed by atoms with Crippen LogP contribution in [0.5, 0.6) is 0 Å². The SMILES string of the molecule is CCC1CCC(NC)C(CN2CC(O)C(O)C2)C1. The van der Waals surface area contributed by atoms with Gasteiger partial charge >= 0.3 is 0 Å². The van der Waals surface area contributed by atoms with Crippen LogP contribution < -0.4 is 5.32 Å². The molecule has 4 heteroatoms. The lowest BCUT2D eigenvalue weighted by atomic mass is 9.76. The van der Waals surface area contributed by atoms with Crippen LogP contribution in [0, 0.1) is 11.8 Å². The van der Waals surface area contributed by atoms with Gasteiger partial charge in [-0.15, -0.1) is 0 Å². The maximum atomic E-state index is 9.61. The van der Waals surface area contributed by atoms with Crippen molar-refractivity contribution in [2.24, 2.45) is 11.8 Å². The summed E-state index contributed by atoms with van der Waals surface area (Å²) in [7, 11) is 2.05. The van der Waals surface area contributed by atoms with Crippen LogP contribution in [-0.2, 0) is 0 Å². The number of β-amino-alcohol motifs (C(OH)–C–C–N with tert-alkyl or cyclic N) is 2. The molecule has 5 unspecified atom stereocenters. The predicted octanol–water partition coefficient (Wildman–Crippen LogP) is 0.438. The Balaban J connectivity index is 1.88. The van der Waals surface area contributed by atoms with Crippen molar-refractivity contribution in [2.45, 2.75) is 50.9 Å². The van der Waals surface area contributed by atoms with E-state index in [1.54, 1.807) is 0 Å². The van der Waals surface area contributed by atoms with E-state index >= 15 is 0 Å². The van der Waals surface area contributed by atoms with Crippen molar-refractivity contribution < 1.29 is 10.2 Å². The molecule has 0 aromatic carbocycles. The summed E-state index contributed by atoms with van der Waals surface area (Å²) in [6.45, 7) is 4.55. The van der Waals surface area contributed by atoms with E-state index in [9.17, 15) is 10.2 Å². The Kier molecular flexibility index (Phi) is 5.01. The molecular weight excluding hydrogens is 228 g/mol. The lowest BCUT2D eigenvalue weighted by Crippen LogP contribution is -2.44. The summed E-state index contributed by atoms with van der Waals surface area (Å²) in [5, 5.41) is 22.7. The molecule has 2 rings (SSSR count). The van der Waals surface area contributed by atoms with Crippen LogP contribution in [0.15, 0.2) is 0 Å². The molecule has 0 aromatic rings. The number of hydrogen-bond acceptors (Lipinski definition) is 4. The average molecular weight is 256 g/mol. The van der Waals surface area contributed by atoms with Crippen LogP contribution in [0.4, 0.5) is 0 Å². The van der Waals surface area contributed by atoms with E-state index in [1.807, 2.05) is 0 Å². The van der Waals surface area contributed by atoms with E-state index in [2.05, 4.69) is 24.2 Å². The van der Waals surface area contributed by atoms with Gasteiger partial charge in [0.05, 0.1) is 12.2 Å². The van der Waals surface area contributed by atoms with Gasteiger partial charge < -0.3 is 15.5 Å². The van der Waals surface area contributed by atoms with Gasteiger partial charge in [0.15, 0.2) is 0 Å². The fraction of sp³-hybridized carbons (Fsp3) is 1.00. The molecule has 0 spiro atoms. The van der Waals surface area contributed by atoms with Gasteiger partial charge in [-0.2, -0.15) is 0 Å². The molecule has 2 aliphatic rings. The Morgan fingerprint density at radius 3 is 2.39 bits per heavy atom. The fourth-order valence-electron chi connectivity index (χ4n) is 3.64. The highest BCUT2D eigenvalue weighted by Gasteiger charge is 2.34. The lowest BCUT2D eigenvalue weighted by molar-refractivity contribution is 0.0572. The van der Waals surface area contributed by atoms with Gasteiger partial charge in [0, 0.05) is 25.7 Å². The maximum Gasteiger partial charge on any atom is 0.0938 e. The van der Waals surface area contributed by atoms with Crippen molar-refractivity contribution in [3.63, 3.8) is 0 Å². The molecule has 2 fully saturated rings. The fourth-order valence-corrected chi connectivity index (χ4v) is 3.64. The lowest BCUT2D eigenvalue weighted by Gasteiger charge is -2.37. The van der Waals surface area contributed by atoms with Crippen molar-refractivity contribution in [3.05, 3.63) is 0 Å². The first-order valence-corrected chi connectivity index (χ1v) is 7.39. The Hall–Kier alpha value is -0.160. The van der Waals surface area contributed by atoms with Gasteiger partial charge in [-0.05, 0) is 38.1 Å². The summed E-state index contributed by atoms with van der Waals surface area (Å²) in [5.74, 6) is 1.52. The third kappa shape index (κ3) is 3.23. The number of aliphatic hydroxyl groups excluding tert-OH is 2. The third-order valence-corrected chi connectivity index (χ3v) is 4.87. The molecule has 1 saturated heterocycles. The molecule has 0 bridgehead atoms. The minimum Gasteiger partial charge on any atom is -0.389 e. The van der Waals surface area contributed by atoms with Crippen LogP contribution in [0.3, 0.4) is 0 Å². The predicted molar refractivity (Wildman–Crippen MR) is 72.4 cm³/mol. The van der Waals surface area contributed by atoms with Crippen LogP contribution >= 0.6 is 0 Å². The molecule has 5 atom stereocenters. The topological polar surface area (TPSA) is 55.7 Å². The van der Waals surface area contributed by atoms with Crippen LogP contribution in [0.1, 0.15) is 32.6 Å². The zero-order valence-electron chi connectivity index (χ0n) is 11.7. The minimum absolute atomic E-state index is 0.552. The van der Waals surface area contributed by atoms with E-state index in [0.29, 0.717) is 25.0 Å². The number of rotatable bonds is 4. The zero-order chi connectivity index (χ0) is 13.1. The number of nitrogens with zero attached hydrogens (tertiary/aromatic N) is 1. The average Bonchev–Trinajstić information content (AvgIpc) is 2.68. The second kappa shape index (κ2) is 6.33. The first kappa shape index (κ1) is 14.3. The standard InChI is InChI=1S/C14H28N2O2/c1-3-10-4-5-12(15-2)11(6-10)7-16-8-13(17)14(18)9-16/h10-15,17-18H,3-9H2,1-2H3. The van der Waals surface area contributed by atoms with Crippen molar-refractivity contribution in [1.82, 2.24) is 10.2 Å². The summed E-state index contributed by atoms with van der Waals surface area (Å²) in [6, 6.07) is 0.600. The van der Waals surface area contributed by atoms with Crippen molar-refractivity contribution >= 4 is 0 Å². The first-order valence-electron chi connectivity index (χ1n) is 7.39. The second-order valence-corrected chi connectivity index (χ2v) is 6.10. The van der Waals surface area contributed by atoms with Crippen molar-refractivity contribution in [3.8, 4) is 0 Å². The number of likely N-dealkylation sites (tertiary alicyclic amines) is 1. The van der Waals surface area contributed by atoms with Gasteiger partial charge in [0.25, 0.3) is 0 Å². The maximum absolute atomic E-state index is 9.61. The van der Waals surface area contributed by atoms with E-state index in [-0.39, 0.29) is 0 Å². The van der Waals surface area contributed by atoms with Gasteiger partial charge in [0.1, 0.15) is 0 Å². The smallest absolute Gasteiger partial charge is 0.0938 e. The molecule has 3 N–H and O–H groups in total. The normalized spacial score (nSPS) is 42.3. The molecule has 106 valence electrons. The quantitative estimate of drug-likeness (QED) is 0.683. The molecule has 1 aliphatic heterocycles. The Morgan fingerprint density at radius 1 is 1.17 bits per heavy atom. The molecule has 1 saturated carbocycles. The van der Waals surface area contributed by atoms with E-state index in [0.717, 1.165) is 12.5 Å². The first-order chi connectivity index (χ1) is 8.63. The van der Waals surface area contributed by atoms with Crippen LogP contribution in [-0.4, -0.2) is 60.0 Å². The zero-order valence-corrected chi connectivity index (χ0v) is 11.7. The molecular formula is C14H28N2O2. The van der Waals surface area contributed by atoms with E-state index in [4.69, 9.17) is 0 Å². The molecule has 18 heavy (non-hydrogen) atoms. The van der Waals surface area contributed by atoms with Gasteiger partial charge in [-0.1, -0.05) is 13.3 Å². The molecule has 4 nitrogen and oxygen atoms in total. The summed E-state index contributed by atoms with van der Waals surface area (Å²) in [5.41, 5.74) is 0. The summed E-state index contributed by atoms with van der Waals surface area (Å²) in [6.07, 6.45) is 4.05. The highest BCUT2D eigenvalue weighted by atomic mass is 16.3. The minimum atomic E-state index is -0.552. The molecule has 1 heterocycles. The molecule has 0 aromatic heterocycles. The summed E-state index contributed by atoms with van der Waals surface area (Å²) >= 11 is 0. The van der Waals surface area contributed by atoms with Crippen molar-refractivity contribution in [1.29, 1.82) is 0 Å². The van der Waals surface area contributed by atoms with Crippen LogP contribution in [0.25, 0.3) is 0 Å². The van der Waals surface area contributed by atoms with E-state index in [1.165, 1.54) is 25.7 Å². The highest BCUT2D eigenvalue weighted by molar-refractivity contribution is 4.89. The Morgan fingerprint density at radius 2 is 1.83 bits per heavy atom. The summed E-state index contributed by atoms with van der Waals surface area (Å²) < 4.78 is 0. The molecule has 1 aliphatic carbocycles. The van der Waals surface area contributed by atoms with E-state index < -0.39 is 12.2 Å². The largest absolute Gasteiger partial charge is 0.389 e. The van der Waals surface area contributed by atoms with Crippen molar-refractivity contribution in [2.75, 3.05) is 26.7 Å². The van der Waals surface area contributed by atoms with Gasteiger partial charge in [0.2, 0.25) is 0 Å². The second-order valence-electron chi connectivity index (χ2n) is 6.10. The number of nitrogens with one attached hydrogen (secondary N) is 1. The number of aliphatic hydroxyl groups is 2. The van der Waals surface area contributed by atoms with Crippen LogP contribution in [0.2, 0.25) is 0 Å². The monoisotopic (exact) mass is 256 g/mol. The Bertz CT molecular complexity index is 252. The Labute approximate surface area is 110 Å². The number of hydrogen-bond donors (Lipinski definition) is 3. The molecule has 0 amide bonds. The van der Waals surface area contributed by atoms with Gasteiger partial charge in [-0.3, -0.25) is 4.90 Å². The molecule has 0 radical (unpaired) electrons. The summed E-state index contributed by atoms with van der Waals surface area (Å²) in [4.78, 5) is 2.22. The third-order valence-electron chi connectivity index (χ3n) is 4.87.